The predicted octanol–water partition coefficient (Wildman–Crippen LogP) is 8.32. The fourth-order valence-electron chi connectivity index (χ4n) is 10.2. The van der Waals surface area contributed by atoms with Gasteiger partial charge in [0.15, 0.2) is 23.6 Å². The van der Waals surface area contributed by atoms with Crippen LogP contribution in [0.1, 0.15) is 102 Å². The van der Waals surface area contributed by atoms with Gasteiger partial charge in [-0.3, -0.25) is 9.59 Å². The summed E-state index contributed by atoms with van der Waals surface area (Å²) in [5.41, 5.74) is -14.8. The molecule has 0 radical (unpaired) electrons. The molecule has 1 amide bonds. The van der Waals surface area contributed by atoms with Crippen molar-refractivity contribution in [3.8, 4) is 0 Å². The van der Waals surface area contributed by atoms with Gasteiger partial charge in [0.05, 0.1) is 29.5 Å². The Labute approximate surface area is 468 Å². The Morgan fingerprint density at radius 3 is 1.95 bits per heavy atom. The lowest BCUT2D eigenvalue weighted by atomic mass is 9.44. The maximum atomic E-state index is 16.4. The van der Waals surface area contributed by atoms with Crippen LogP contribution >= 0.6 is 69.6 Å². The van der Waals surface area contributed by atoms with Crippen LogP contribution in [0.2, 0.25) is 0 Å². The number of alkyl halides is 6. The van der Waals surface area contributed by atoms with Gasteiger partial charge < -0.3 is 58.2 Å². The standard InChI is InChI=1S/C49H55Cl6NO18/c1-24-28(69-39(61)33(58)32(26-15-11-9-12-16-26)56-40(62)74-43(3,4)5)20-47(65)37(72-38(60)27-17-13-10-14-18-27)35-45(8,36(59)34(31(24)44(47,6)7)71-42(64)68-23-49(53,54)55)29(70-41(63)67-22-48(50,51)52)19-30-46(35,21-66-30)73-25(2)57/h9-18,28-30,32-35,37,58,65H,19-23H2,1-8H3,(H,56,62)/t28-,29-,30+,32-,33+,34+,35-,37-,45+,46-,47+/m1/s1/i3D3,4D3,5D3. The molecular formula is C49H55Cl6NO18. The number of aliphatic hydroxyl groups is 2. The van der Waals surface area contributed by atoms with Crippen LogP contribution in [0, 0.1) is 16.7 Å². The van der Waals surface area contributed by atoms with Crippen molar-refractivity contribution in [2.45, 2.75) is 135 Å². The van der Waals surface area contributed by atoms with E-state index in [1.165, 1.54) is 82.3 Å². The van der Waals surface area contributed by atoms with Gasteiger partial charge in [-0.05, 0) is 63.2 Å². The van der Waals surface area contributed by atoms with Crippen LogP contribution in [0.15, 0.2) is 71.8 Å². The highest BCUT2D eigenvalue weighted by molar-refractivity contribution is 6.68. The number of halogens is 6. The first kappa shape index (κ1) is 46.9. The van der Waals surface area contributed by atoms with Crippen LogP contribution in [0.25, 0.3) is 0 Å². The van der Waals surface area contributed by atoms with Crippen molar-refractivity contribution in [1.29, 1.82) is 0 Å². The summed E-state index contributed by atoms with van der Waals surface area (Å²) >= 11 is 35.3. The molecule has 2 aromatic rings. The van der Waals surface area contributed by atoms with Gasteiger partial charge in [0, 0.05) is 37.5 Å². The zero-order chi connectivity index (χ0) is 62.6. The molecule has 74 heavy (non-hydrogen) atoms. The van der Waals surface area contributed by atoms with E-state index in [0.717, 1.165) is 6.92 Å². The van der Waals surface area contributed by atoms with Gasteiger partial charge in [0.25, 0.3) is 0 Å². The fraction of sp³-hybridized carbons (Fsp3) is 0.571. The summed E-state index contributed by atoms with van der Waals surface area (Å²) in [6.07, 6.45) is -19.3. The number of hydrogen-bond acceptors (Lipinski definition) is 18. The number of rotatable bonds is 12. The first-order valence-electron chi connectivity index (χ1n) is 26.7. The number of carbonyl (C=O) groups is 7. The highest BCUT2D eigenvalue weighted by atomic mass is 35.6. The largest absolute Gasteiger partial charge is 0.509 e. The topological polar surface area (TPSA) is 255 Å². The molecule has 0 spiro atoms. The molecule has 25 heteroatoms. The van der Waals surface area contributed by atoms with E-state index >= 15 is 4.79 Å². The molecule has 11 atom stereocenters. The molecule has 406 valence electrons. The maximum Gasteiger partial charge on any atom is 0.509 e. The molecule has 1 heterocycles. The third kappa shape index (κ3) is 12.4. The Morgan fingerprint density at radius 2 is 1.42 bits per heavy atom. The number of ether oxygens (including phenoxy) is 9. The van der Waals surface area contributed by atoms with Gasteiger partial charge in [0.1, 0.15) is 48.8 Å². The fourth-order valence-corrected chi connectivity index (χ4v) is 10.5. The Kier molecular flexibility index (Phi) is 13.9. The van der Waals surface area contributed by atoms with Crippen molar-refractivity contribution in [3.63, 3.8) is 0 Å². The monoisotopic (exact) mass is 1160 g/mol. The summed E-state index contributed by atoms with van der Waals surface area (Å²) in [4.78, 5) is 101. The average Bonchev–Trinajstić information content (AvgIpc) is 1.38. The Balaban J connectivity index is 1.59. The Bertz CT molecular complexity index is 2820. The van der Waals surface area contributed by atoms with E-state index in [2.05, 4.69) is 0 Å². The van der Waals surface area contributed by atoms with E-state index in [9.17, 15) is 39.0 Å². The number of fused-ring (bicyclic) bond motifs is 5. The quantitative estimate of drug-likeness (QED) is 0.0781. The van der Waals surface area contributed by atoms with Gasteiger partial charge >= 0.3 is 36.3 Å². The molecule has 1 aliphatic heterocycles. The van der Waals surface area contributed by atoms with Crippen LogP contribution in [-0.4, -0.2) is 133 Å². The summed E-state index contributed by atoms with van der Waals surface area (Å²) in [6.45, 7) is -8.64. The van der Waals surface area contributed by atoms with Gasteiger partial charge in [0.2, 0.25) is 7.59 Å². The number of alkyl carbamates (subject to hydrolysis) is 1. The van der Waals surface area contributed by atoms with Crippen molar-refractivity contribution in [2.75, 3.05) is 19.8 Å². The first-order valence-corrected chi connectivity index (χ1v) is 24.5. The lowest BCUT2D eigenvalue weighted by Crippen LogP contribution is -2.82. The summed E-state index contributed by atoms with van der Waals surface area (Å²) in [6, 6.07) is 11.6. The molecule has 3 fully saturated rings. The van der Waals surface area contributed by atoms with E-state index in [-0.39, 0.29) is 16.7 Å². The lowest BCUT2D eigenvalue weighted by Gasteiger charge is -2.67. The summed E-state index contributed by atoms with van der Waals surface area (Å²) in [5, 5.41) is 28.1. The number of amides is 1. The summed E-state index contributed by atoms with van der Waals surface area (Å²) in [7, 11) is 0. The number of carbonyl (C=O) groups excluding carboxylic acids is 7. The maximum absolute atomic E-state index is 16.4. The molecule has 6 rings (SSSR count). The van der Waals surface area contributed by atoms with Crippen LogP contribution in [0.3, 0.4) is 0 Å². The van der Waals surface area contributed by atoms with E-state index in [1.807, 2.05) is 5.32 Å². The van der Waals surface area contributed by atoms with Gasteiger partial charge in [-0.1, -0.05) is 132 Å². The zero-order valence-corrected chi connectivity index (χ0v) is 44.2. The van der Waals surface area contributed by atoms with E-state index in [0.29, 0.717) is 0 Å². The highest BCUT2D eigenvalue weighted by Gasteiger charge is 2.79. The normalized spacial score (nSPS) is 31.5. The van der Waals surface area contributed by atoms with Crippen molar-refractivity contribution < 1.29 is 98.7 Å². The van der Waals surface area contributed by atoms with Crippen molar-refractivity contribution in [2.24, 2.45) is 16.7 Å². The summed E-state index contributed by atoms with van der Waals surface area (Å²) < 4.78 is 118. The molecule has 0 aromatic heterocycles. The summed E-state index contributed by atoms with van der Waals surface area (Å²) in [5.74, 6) is -7.16. The number of ketones is 1. The molecule has 2 saturated carbocycles. The molecule has 3 aliphatic carbocycles. The molecule has 0 unspecified atom stereocenters. The second-order valence-corrected chi connectivity index (χ2v) is 23.7. The van der Waals surface area contributed by atoms with E-state index in [1.54, 1.807) is 6.07 Å². The van der Waals surface area contributed by atoms with Crippen LogP contribution in [0.5, 0.6) is 0 Å². The lowest BCUT2D eigenvalue weighted by molar-refractivity contribution is -0.346. The predicted molar refractivity (Wildman–Crippen MR) is 265 cm³/mol. The van der Waals surface area contributed by atoms with Gasteiger partial charge in [-0.2, -0.15) is 0 Å². The SMILES string of the molecule is [2H]C([2H])([2H])C(OC(=O)N[C@H](c1ccccc1)[C@H](O)C(=O)O[C@@H]1C[C@]2(O)[C@H](OC(=O)c3ccccc3)[C@H]3[C@@]4(OC(C)=O)CO[C@H]4C[C@@H](OC(=O)OCC(Cl)(Cl)Cl)[C@]3(C)C(=O)[C@@H](OC(=O)OCC(Cl)(Cl)Cl)C(=C1C)C2(C)C)(C([2H])([2H])[2H])C([2H])([2H])[2H]. The van der Waals surface area contributed by atoms with E-state index < -0.39 is 185 Å². The number of hydrogen-bond donors (Lipinski definition) is 3. The van der Waals surface area contributed by atoms with Crippen molar-refractivity contribution in [1.82, 2.24) is 5.32 Å². The molecule has 2 bridgehead atoms. The number of esters is 3. The van der Waals surface area contributed by atoms with Crippen molar-refractivity contribution >= 4 is 112 Å². The average molecular weight is 1170 g/mol. The minimum Gasteiger partial charge on any atom is -0.456 e. The van der Waals surface area contributed by atoms with Gasteiger partial charge in [-0.25, -0.2) is 24.0 Å². The van der Waals surface area contributed by atoms with Crippen molar-refractivity contribution in [3.05, 3.63) is 82.9 Å². The number of aliphatic hydroxyl groups excluding tert-OH is 1. The number of nitrogens with one attached hydrogen (secondary N) is 1. The van der Waals surface area contributed by atoms with Gasteiger partial charge in [-0.15, -0.1) is 0 Å². The molecule has 2 aromatic carbocycles. The van der Waals surface area contributed by atoms with E-state index in [4.69, 9.17) is 125 Å². The second-order valence-electron chi connectivity index (χ2n) is 18.6. The second kappa shape index (κ2) is 22.0. The molecule has 3 N–H and O–H groups in total. The Hall–Kier alpha value is -4.31. The highest BCUT2D eigenvalue weighted by Crippen LogP contribution is 2.65. The molecule has 19 nitrogen and oxygen atoms in total. The molecule has 4 aliphatic rings. The molecular weight excluding hydrogens is 1100 g/mol. The minimum absolute atomic E-state index is 0.149. The van der Waals surface area contributed by atoms with Crippen LogP contribution < -0.4 is 5.32 Å². The number of Topliss-reactive ketones (excluding diaryl/α,β-unsaturated/α-hetero) is 1. The third-order valence-corrected chi connectivity index (χ3v) is 14.2. The third-order valence-electron chi connectivity index (χ3n) is 13.5. The first-order chi connectivity index (χ1) is 37.9. The van der Waals surface area contributed by atoms with Crippen LogP contribution in [-0.2, 0) is 57.0 Å². The smallest absolute Gasteiger partial charge is 0.456 e. The number of benzene rings is 2. The minimum atomic E-state index is -4.19. The Morgan fingerprint density at radius 1 is 0.851 bits per heavy atom. The van der Waals surface area contributed by atoms with Crippen LogP contribution in [0.4, 0.5) is 14.4 Å². The zero-order valence-electron chi connectivity index (χ0n) is 48.6. The molecule has 1 saturated heterocycles.